The third-order valence-corrected chi connectivity index (χ3v) is 3.85. The van der Waals surface area contributed by atoms with Gasteiger partial charge in [0.15, 0.2) is 5.78 Å². The molecule has 72 valence electrons. The van der Waals surface area contributed by atoms with E-state index in [1.54, 1.807) is 18.3 Å². The minimum absolute atomic E-state index is 0.0405. The fourth-order valence-corrected chi connectivity index (χ4v) is 2.72. The van der Waals surface area contributed by atoms with E-state index in [1.165, 1.54) is 0 Å². The van der Waals surface area contributed by atoms with Crippen molar-refractivity contribution in [2.24, 2.45) is 0 Å². The molecule has 1 atom stereocenters. The molecule has 0 aliphatic heterocycles. The molecule has 0 saturated carbocycles. The summed E-state index contributed by atoms with van der Waals surface area (Å²) in [7, 11) is 0. The molecule has 13 heavy (non-hydrogen) atoms. The van der Waals surface area contributed by atoms with Crippen molar-refractivity contribution in [3.8, 4) is 0 Å². The second kappa shape index (κ2) is 4.86. The Labute approximate surface area is 90.5 Å². The number of aromatic nitrogens is 1. The lowest BCUT2D eigenvalue weighted by atomic mass is 10.2. The summed E-state index contributed by atoms with van der Waals surface area (Å²) in [5, 5.41) is 2.83. The molecular weight excluding hydrogens is 250 g/mol. The molecule has 0 radical (unpaired) electrons. The summed E-state index contributed by atoms with van der Waals surface area (Å²) in [6.07, 6.45) is 2.18. The van der Waals surface area contributed by atoms with Crippen LogP contribution in [-0.2, 0) is 0 Å². The number of Topliss-reactive ketones (excluding diaryl/α,β-unsaturated/α-hetero) is 1. The first kappa shape index (κ1) is 10.9. The highest BCUT2D eigenvalue weighted by molar-refractivity contribution is 9.09. The van der Waals surface area contributed by atoms with Crippen LogP contribution < -0.4 is 0 Å². The van der Waals surface area contributed by atoms with Gasteiger partial charge in [-0.3, -0.25) is 4.79 Å². The lowest BCUT2D eigenvalue weighted by Gasteiger charge is -2.02. The third-order valence-electron chi connectivity index (χ3n) is 1.69. The molecule has 4 heteroatoms. The van der Waals surface area contributed by atoms with Gasteiger partial charge < -0.3 is 0 Å². The van der Waals surface area contributed by atoms with E-state index >= 15 is 0 Å². The number of ketones is 1. The van der Waals surface area contributed by atoms with Crippen LogP contribution >= 0.6 is 27.3 Å². The van der Waals surface area contributed by atoms with Crippen LogP contribution in [0, 0.1) is 0 Å². The first-order valence-corrected chi connectivity index (χ1v) is 6.05. The average molecular weight is 262 g/mol. The molecule has 0 N–H and O–H groups in total. The van der Waals surface area contributed by atoms with E-state index in [0.717, 1.165) is 17.8 Å². The van der Waals surface area contributed by atoms with Crippen LogP contribution in [0.3, 0.4) is 0 Å². The van der Waals surface area contributed by atoms with Gasteiger partial charge in [-0.25, -0.2) is 4.98 Å². The van der Waals surface area contributed by atoms with Crippen molar-refractivity contribution in [3.63, 3.8) is 0 Å². The van der Waals surface area contributed by atoms with E-state index in [2.05, 4.69) is 27.8 Å². The third kappa shape index (κ3) is 2.88. The smallest absolute Gasteiger partial charge is 0.178 e. The fraction of sp³-hybridized carbons (Fsp3) is 0.556. The maximum Gasteiger partial charge on any atom is 0.178 e. The van der Waals surface area contributed by atoms with Gasteiger partial charge in [0.05, 0.1) is 4.83 Å². The Balaban J connectivity index is 2.73. The van der Waals surface area contributed by atoms with Crippen LogP contribution in [-0.4, -0.2) is 10.8 Å². The van der Waals surface area contributed by atoms with Crippen molar-refractivity contribution in [2.75, 3.05) is 0 Å². The summed E-state index contributed by atoms with van der Waals surface area (Å²) >= 11 is 5.09. The maximum absolute atomic E-state index is 11.0. The monoisotopic (exact) mass is 261 g/mol. The molecular formula is C9H12BrNOS. The van der Waals surface area contributed by atoms with Crippen molar-refractivity contribution in [3.05, 3.63) is 16.1 Å². The molecule has 1 aromatic rings. The number of hydrogen-bond donors (Lipinski definition) is 0. The second-order valence-electron chi connectivity index (χ2n) is 2.88. The molecule has 0 aromatic carbocycles. The lowest BCUT2D eigenvalue weighted by molar-refractivity contribution is 0.101. The summed E-state index contributed by atoms with van der Waals surface area (Å²) in [5.41, 5.74) is 0.584. The van der Waals surface area contributed by atoms with Crippen LogP contribution in [0.25, 0.3) is 0 Å². The molecule has 0 fully saturated rings. The van der Waals surface area contributed by atoms with Gasteiger partial charge in [0.25, 0.3) is 0 Å². The molecule has 0 aliphatic rings. The molecule has 0 saturated heterocycles. The molecule has 1 rings (SSSR count). The maximum atomic E-state index is 11.0. The minimum atomic E-state index is 0.0405. The summed E-state index contributed by atoms with van der Waals surface area (Å²) in [5.74, 6) is 0.0405. The van der Waals surface area contributed by atoms with Crippen LogP contribution in [0.5, 0.6) is 0 Å². The van der Waals surface area contributed by atoms with Gasteiger partial charge in [0.1, 0.15) is 10.7 Å². The van der Waals surface area contributed by atoms with Crippen LogP contribution in [0.2, 0.25) is 0 Å². The number of thiazole rings is 1. The molecule has 0 aliphatic carbocycles. The topological polar surface area (TPSA) is 30.0 Å². The lowest BCUT2D eigenvalue weighted by Crippen LogP contribution is -1.94. The number of carbonyl (C=O) groups excluding carboxylic acids is 1. The summed E-state index contributed by atoms with van der Waals surface area (Å²) in [6.45, 7) is 3.68. The van der Waals surface area contributed by atoms with Crippen molar-refractivity contribution >= 4 is 33.0 Å². The SMILES string of the molecule is CCCC(Br)c1nc(C(C)=O)cs1. The number of carbonyl (C=O) groups is 1. The molecule has 2 nitrogen and oxygen atoms in total. The standard InChI is InChI=1S/C9H12BrNOS/c1-3-4-7(10)9-11-8(5-13-9)6(2)12/h5,7H,3-4H2,1-2H3. The van der Waals surface area contributed by atoms with Gasteiger partial charge in [-0.15, -0.1) is 11.3 Å². The van der Waals surface area contributed by atoms with Gasteiger partial charge in [-0.05, 0) is 6.42 Å². The Bertz CT molecular complexity index is 298. The van der Waals surface area contributed by atoms with Crippen molar-refractivity contribution in [2.45, 2.75) is 31.5 Å². The van der Waals surface area contributed by atoms with E-state index in [0.29, 0.717) is 10.5 Å². The Morgan fingerprint density at radius 3 is 2.92 bits per heavy atom. The van der Waals surface area contributed by atoms with Crippen molar-refractivity contribution in [1.29, 1.82) is 0 Å². The van der Waals surface area contributed by atoms with Crippen LogP contribution in [0.15, 0.2) is 5.38 Å². The summed E-state index contributed by atoms with van der Waals surface area (Å²) < 4.78 is 0. The number of rotatable bonds is 4. The zero-order valence-electron chi connectivity index (χ0n) is 7.71. The summed E-state index contributed by atoms with van der Waals surface area (Å²) in [4.78, 5) is 15.5. The molecule has 1 unspecified atom stereocenters. The van der Waals surface area contributed by atoms with Crippen LogP contribution in [0.4, 0.5) is 0 Å². The average Bonchev–Trinajstić information content (AvgIpc) is 2.52. The first-order valence-electron chi connectivity index (χ1n) is 4.25. The van der Waals surface area contributed by atoms with Gasteiger partial charge >= 0.3 is 0 Å². The number of nitrogens with zero attached hydrogens (tertiary/aromatic N) is 1. The highest BCUT2D eigenvalue weighted by Gasteiger charge is 2.12. The minimum Gasteiger partial charge on any atom is -0.293 e. The van der Waals surface area contributed by atoms with Crippen molar-refractivity contribution < 1.29 is 4.79 Å². The highest BCUT2D eigenvalue weighted by Crippen LogP contribution is 2.30. The van der Waals surface area contributed by atoms with E-state index < -0.39 is 0 Å². The zero-order chi connectivity index (χ0) is 9.84. The molecule has 0 spiro atoms. The molecule has 1 aromatic heterocycles. The predicted octanol–water partition coefficient (Wildman–Crippen LogP) is 3.58. The van der Waals surface area contributed by atoms with Crippen molar-refractivity contribution in [1.82, 2.24) is 4.98 Å². The number of hydrogen-bond acceptors (Lipinski definition) is 3. The fourth-order valence-electron chi connectivity index (χ4n) is 0.970. The number of alkyl halides is 1. The Morgan fingerprint density at radius 1 is 1.77 bits per heavy atom. The zero-order valence-corrected chi connectivity index (χ0v) is 10.1. The van der Waals surface area contributed by atoms with E-state index in [1.807, 2.05) is 5.38 Å². The summed E-state index contributed by atoms with van der Waals surface area (Å²) in [6, 6.07) is 0. The molecule has 1 heterocycles. The molecule has 0 amide bonds. The Kier molecular flexibility index (Phi) is 4.06. The van der Waals surface area contributed by atoms with Gasteiger partial charge in [0.2, 0.25) is 0 Å². The highest BCUT2D eigenvalue weighted by atomic mass is 79.9. The van der Waals surface area contributed by atoms with Gasteiger partial charge in [-0.2, -0.15) is 0 Å². The normalized spacial score (nSPS) is 12.8. The van der Waals surface area contributed by atoms with Gasteiger partial charge in [-0.1, -0.05) is 29.3 Å². The Hall–Kier alpha value is -0.220. The second-order valence-corrected chi connectivity index (χ2v) is 4.88. The first-order chi connectivity index (χ1) is 6.15. The molecule has 0 bridgehead atoms. The Morgan fingerprint density at radius 2 is 2.46 bits per heavy atom. The van der Waals surface area contributed by atoms with Crippen LogP contribution in [0.1, 0.15) is 47.0 Å². The largest absolute Gasteiger partial charge is 0.293 e. The van der Waals surface area contributed by atoms with E-state index in [-0.39, 0.29) is 5.78 Å². The van der Waals surface area contributed by atoms with E-state index in [4.69, 9.17) is 0 Å². The van der Waals surface area contributed by atoms with E-state index in [9.17, 15) is 4.79 Å². The quantitative estimate of drug-likeness (QED) is 0.613. The predicted molar refractivity (Wildman–Crippen MR) is 58.7 cm³/mol. The van der Waals surface area contributed by atoms with Gasteiger partial charge in [0, 0.05) is 12.3 Å². The number of halogens is 1.